The number of rotatable bonds is 1. The zero-order valence-electron chi connectivity index (χ0n) is 12.1. The van der Waals surface area contributed by atoms with E-state index in [4.69, 9.17) is 4.74 Å². The van der Waals surface area contributed by atoms with Crippen molar-refractivity contribution in [2.45, 2.75) is 19.3 Å². The third-order valence-electron chi connectivity index (χ3n) is 7.25. The molecule has 5 heteroatoms. The molecule has 6 bridgehead atoms. The minimum Gasteiger partial charge on any atom is -0.469 e. The van der Waals surface area contributed by atoms with Crippen molar-refractivity contribution in [1.29, 1.82) is 0 Å². The van der Waals surface area contributed by atoms with Crippen LogP contribution < -0.4 is 0 Å². The highest BCUT2D eigenvalue weighted by Crippen LogP contribution is 2.86. The van der Waals surface area contributed by atoms with E-state index in [2.05, 4.69) is 0 Å². The molecule has 5 nitrogen and oxygen atoms in total. The zero-order valence-corrected chi connectivity index (χ0v) is 12.1. The van der Waals surface area contributed by atoms with Crippen LogP contribution in [-0.2, 0) is 19.1 Å². The third-order valence-corrected chi connectivity index (χ3v) is 7.25. The van der Waals surface area contributed by atoms with E-state index in [9.17, 15) is 14.4 Å². The molecule has 5 fully saturated rings. The first kappa shape index (κ1) is 12.0. The normalized spacial score (nSPS) is 54.8. The van der Waals surface area contributed by atoms with Gasteiger partial charge in [0.1, 0.15) is 0 Å². The highest BCUT2D eigenvalue weighted by atomic mass is 16.5. The van der Waals surface area contributed by atoms with Crippen molar-refractivity contribution in [3.8, 4) is 0 Å². The highest BCUT2D eigenvalue weighted by molar-refractivity contribution is 6.13. The second kappa shape index (κ2) is 2.94. The number of likely N-dealkylation sites (tertiary alicyclic amines) is 1. The number of carbonyl (C=O) groups excluding carboxylic acids is 3. The summed E-state index contributed by atoms with van der Waals surface area (Å²) in [7, 11) is 3.00. The summed E-state index contributed by atoms with van der Waals surface area (Å²) in [6.07, 6.45) is 6.31. The molecule has 6 rings (SSSR count). The smallest absolute Gasteiger partial charge is 0.313 e. The number of imide groups is 1. The fourth-order valence-corrected chi connectivity index (χ4v) is 7.04. The molecule has 4 unspecified atom stereocenters. The Hall–Kier alpha value is -1.65. The van der Waals surface area contributed by atoms with Crippen molar-refractivity contribution in [3.05, 3.63) is 12.2 Å². The Labute approximate surface area is 122 Å². The summed E-state index contributed by atoms with van der Waals surface area (Å²) in [5.41, 5.74) is -2.01. The SMILES string of the molecule is COC(=O)C12CC3CC45C(=O)N(C)C(=O)C4(C3)C1C=CC25. The van der Waals surface area contributed by atoms with E-state index in [1.165, 1.54) is 12.0 Å². The maximum Gasteiger partial charge on any atom is 0.313 e. The standard InChI is InChI=1S/C16H17NO4/c1-17-11(18)15-6-8-5-14(13(20)21-2)9(15)3-4-10(14)16(15,7-8)12(17)19/h3-4,8-10H,5-7H2,1-2H3. The Morgan fingerprint density at radius 2 is 1.67 bits per heavy atom. The summed E-state index contributed by atoms with van der Waals surface area (Å²) in [4.78, 5) is 39.8. The lowest BCUT2D eigenvalue weighted by Gasteiger charge is -2.44. The minimum absolute atomic E-state index is 0.0696. The molecule has 4 saturated carbocycles. The summed E-state index contributed by atoms with van der Waals surface area (Å²) < 4.78 is 5.10. The van der Waals surface area contributed by atoms with Crippen LogP contribution in [0, 0.1) is 34.0 Å². The number of ether oxygens (including phenoxy) is 1. The molecule has 1 heterocycles. The molecule has 0 aromatic carbocycles. The highest BCUT2D eigenvalue weighted by Gasteiger charge is 2.91. The molecule has 2 spiro atoms. The molecule has 0 aromatic rings. The van der Waals surface area contributed by atoms with Gasteiger partial charge in [0, 0.05) is 18.9 Å². The lowest BCUT2D eigenvalue weighted by atomic mass is 9.59. The van der Waals surface area contributed by atoms with Gasteiger partial charge in [-0.15, -0.1) is 0 Å². The summed E-state index contributed by atoms with van der Waals surface area (Å²) in [6, 6.07) is 0. The monoisotopic (exact) mass is 287 g/mol. The van der Waals surface area contributed by atoms with E-state index in [1.54, 1.807) is 7.05 Å². The predicted molar refractivity (Wildman–Crippen MR) is 70.6 cm³/mol. The number of carbonyl (C=O) groups is 3. The van der Waals surface area contributed by atoms with E-state index in [1.807, 2.05) is 12.2 Å². The maximum atomic E-state index is 12.9. The molecule has 2 amide bonds. The van der Waals surface area contributed by atoms with Gasteiger partial charge in [0.15, 0.2) is 0 Å². The van der Waals surface area contributed by atoms with E-state index in [-0.39, 0.29) is 35.5 Å². The number of amides is 2. The van der Waals surface area contributed by atoms with Crippen LogP contribution in [0.3, 0.4) is 0 Å². The Balaban J connectivity index is 1.84. The summed E-state index contributed by atoms with van der Waals surface area (Å²) in [5.74, 6) is -0.411. The summed E-state index contributed by atoms with van der Waals surface area (Å²) in [6.45, 7) is 0. The van der Waals surface area contributed by atoms with Gasteiger partial charge in [0.25, 0.3) is 0 Å². The molecule has 1 aliphatic heterocycles. The molecule has 0 N–H and O–H groups in total. The van der Waals surface area contributed by atoms with Gasteiger partial charge in [-0.25, -0.2) is 0 Å². The second-order valence-corrected chi connectivity index (χ2v) is 7.46. The molecule has 21 heavy (non-hydrogen) atoms. The number of methoxy groups -OCH3 is 1. The Kier molecular flexibility index (Phi) is 1.67. The van der Waals surface area contributed by atoms with Crippen LogP contribution in [-0.4, -0.2) is 36.8 Å². The molecule has 5 aliphatic carbocycles. The van der Waals surface area contributed by atoms with Crippen LogP contribution in [0.5, 0.6) is 0 Å². The van der Waals surface area contributed by atoms with Gasteiger partial charge >= 0.3 is 5.97 Å². The van der Waals surface area contributed by atoms with Gasteiger partial charge in [-0.05, 0) is 25.2 Å². The Bertz CT molecular complexity index is 625. The van der Waals surface area contributed by atoms with Crippen LogP contribution in [0.4, 0.5) is 0 Å². The fourth-order valence-electron chi connectivity index (χ4n) is 7.04. The molecule has 4 atom stereocenters. The van der Waals surface area contributed by atoms with Crippen LogP contribution in [0.15, 0.2) is 12.2 Å². The molecular formula is C16H17NO4. The average molecular weight is 287 g/mol. The van der Waals surface area contributed by atoms with Gasteiger partial charge in [0.05, 0.1) is 23.4 Å². The first-order valence-corrected chi connectivity index (χ1v) is 7.56. The summed E-state index contributed by atoms with van der Waals surface area (Å²) in [5, 5.41) is 0. The lowest BCUT2D eigenvalue weighted by molar-refractivity contribution is -0.165. The quantitative estimate of drug-likeness (QED) is 0.405. The third kappa shape index (κ3) is 0.779. The van der Waals surface area contributed by atoms with Crippen LogP contribution in [0.2, 0.25) is 0 Å². The first-order valence-electron chi connectivity index (χ1n) is 7.56. The van der Waals surface area contributed by atoms with E-state index in [0.29, 0.717) is 0 Å². The van der Waals surface area contributed by atoms with E-state index >= 15 is 0 Å². The van der Waals surface area contributed by atoms with Crippen molar-refractivity contribution < 1.29 is 19.1 Å². The second-order valence-electron chi connectivity index (χ2n) is 7.46. The van der Waals surface area contributed by atoms with E-state index in [0.717, 1.165) is 19.3 Å². The van der Waals surface area contributed by atoms with Crippen LogP contribution in [0.25, 0.3) is 0 Å². The number of hydrogen-bond donors (Lipinski definition) is 0. The number of nitrogens with zero attached hydrogens (tertiary/aromatic N) is 1. The van der Waals surface area contributed by atoms with Crippen LogP contribution in [0.1, 0.15) is 19.3 Å². The minimum atomic E-state index is -0.671. The number of allylic oxidation sites excluding steroid dienone is 2. The molecule has 0 aromatic heterocycles. The van der Waals surface area contributed by atoms with Crippen molar-refractivity contribution in [1.82, 2.24) is 4.90 Å². The number of hydrogen-bond acceptors (Lipinski definition) is 4. The first-order chi connectivity index (χ1) is 9.96. The largest absolute Gasteiger partial charge is 0.469 e. The van der Waals surface area contributed by atoms with E-state index < -0.39 is 16.2 Å². The van der Waals surface area contributed by atoms with Gasteiger partial charge in [-0.3, -0.25) is 19.3 Å². The van der Waals surface area contributed by atoms with Crippen molar-refractivity contribution in [2.24, 2.45) is 34.0 Å². The molecular weight excluding hydrogens is 270 g/mol. The van der Waals surface area contributed by atoms with Crippen LogP contribution >= 0.6 is 0 Å². The van der Waals surface area contributed by atoms with Crippen molar-refractivity contribution in [3.63, 3.8) is 0 Å². The molecule has 1 saturated heterocycles. The van der Waals surface area contributed by atoms with Gasteiger partial charge in [-0.1, -0.05) is 12.2 Å². The van der Waals surface area contributed by atoms with Crippen molar-refractivity contribution in [2.75, 3.05) is 14.2 Å². The Morgan fingerprint density at radius 3 is 2.14 bits per heavy atom. The summed E-state index contributed by atoms with van der Waals surface area (Å²) >= 11 is 0. The Morgan fingerprint density at radius 1 is 1.14 bits per heavy atom. The van der Waals surface area contributed by atoms with Crippen molar-refractivity contribution >= 4 is 17.8 Å². The molecule has 110 valence electrons. The number of esters is 1. The molecule has 6 aliphatic rings. The maximum absolute atomic E-state index is 12.9. The topological polar surface area (TPSA) is 63.7 Å². The van der Waals surface area contributed by atoms with Gasteiger partial charge < -0.3 is 4.74 Å². The lowest BCUT2D eigenvalue weighted by Crippen LogP contribution is -2.51. The zero-order chi connectivity index (χ0) is 14.8. The molecule has 0 radical (unpaired) electrons. The fraction of sp³-hybridized carbons (Fsp3) is 0.688. The predicted octanol–water partition coefficient (Wildman–Crippen LogP) is 0.747. The van der Waals surface area contributed by atoms with Gasteiger partial charge in [0.2, 0.25) is 11.8 Å². The van der Waals surface area contributed by atoms with Gasteiger partial charge in [-0.2, -0.15) is 0 Å². The average Bonchev–Trinajstić information content (AvgIpc) is 3.10.